The van der Waals surface area contributed by atoms with Gasteiger partial charge in [0, 0.05) is 37.1 Å². The first-order valence-electron chi connectivity index (χ1n) is 22.1. The number of phenols is 1. The topological polar surface area (TPSA) is 352 Å². The summed E-state index contributed by atoms with van der Waals surface area (Å²) in [6.07, 6.45) is -7.30. The molecule has 1 saturated heterocycles. The predicted molar refractivity (Wildman–Crippen MR) is 244 cm³/mol. The second-order valence-corrected chi connectivity index (χ2v) is 18.1. The van der Waals surface area contributed by atoms with Crippen molar-refractivity contribution in [2.24, 2.45) is 5.92 Å². The summed E-state index contributed by atoms with van der Waals surface area (Å²) < 4.78 is 39.4. The van der Waals surface area contributed by atoms with E-state index in [2.05, 4.69) is 15.6 Å². The van der Waals surface area contributed by atoms with Crippen LogP contribution in [0.2, 0.25) is 0 Å². The fourth-order valence-corrected chi connectivity index (χ4v) is 9.29. The highest BCUT2D eigenvalue weighted by atomic mass is 16.8. The normalized spacial score (nSPS) is 26.2. The highest BCUT2D eigenvalue weighted by Gasteiger charge is 2.52. The van der Waals surface area contributed by atoms with Gasteiger partial charge in [-0.1, -0.05) is 13.0 Å². The van der Waals surface area contributed by atoms with E-state index in [1.54, 1.807) is 0 Å². The van der Waals surface area contributed by atoms with Gasteiger partial charge in [-0.2, -0.15) is 0 Å². The Hall–Kier alpha value is -7.74. The molecule has 0 radical (unpaired) electrons. The number of aromatic hydroxyl groups is 3. The Bertz CT molecular complexity index is 3160. The van der Waals surface area contributed by atoms with Gasteiger partial charge in [-0.3, -0.25) is 29.2 Å². The molecule has 4 aromatic rings. The Labute approximate surface area is 406 Å². The van der Waals surface area contributed by atoms with Crippen molar-refractivity contribution in [3.63, 3.8) is 0 Å². The molecule has 24 heteroatoms. The minimum Gasteiger partial charge on any atom is -0.762 e. The minimum absolute atomic E-state index is 0.0413. The Kier molecular flexibility index (Phi) is 13.0. The molecule has 8 atom stereocenters. The number of ketones is 4. The summed E-state index contributed by atoms with van der Waals surface area (Å²) in [5, 5.41) is 73.2. The van der Waals surface area contributed by atoms with Gasteiger partial charge in [0.2, 0.25) is 23.6 Å². The molecule has 3 bridgehead atoms. The van der Waals surface area contributed by atoms with Crippen molar-refractivity contribution in [1.82, 2.24) is 15.5 Å². The van der Waals surface area contributed by atoms with Crippen LogP contribution in [-0.2, 0) is 23.7 Å². The Morgan fingerprint density at radius 3 is 2.33 bits per heavy atom. The van der Waals surface area contributed by atoms with Gasteiger partial charge in [0.15, 0.2) is 51.9 Å². The number of aromatic nitrogens is 1. The van der Waals surface area contributed by atoms with Crippen LogP contribution in [0.25, 0.3) is 11.0 Å². The van der Waals surface area contributed by atoms with Gasteiger partial charge in [-0.15, -0.1) is 0 Å². The zero-order chi connectivity index (χ0) is 52.6. The molecule has 0 spiro atoms. The zero-order valence-corrected chi connectivity index (χ0v) is 39.6. The van der Waals surface area contributed by atoms with E-state index in [9.17, 15) is 64.4 Å². The SMILES string of the molecule is COc1ccc2c(O)c(NC(=O)c3cc(OC4CC(C)(N([O-])O)C(OC)C(C)O4)c(O)c(C(=O)OC4C(C)C=C(C)C(=O)c5c(O)c(C)cc6c5C(=O)C5=C(NCC(C)(O5)C(=O)C4O)C6=O)n3)c(=O)oc2c1. The number of hydrogen-bond donors (Lipinski definition) is 7. The number of esters is 1. The number of Topliss-reactive ketones (excluding diaryl/α,β-unsaturated/α-hetero) is 4. The average molecular weight is 1000 g/mol. The van der Waals surface area contributed by atoms with E-state index in [0.29, 0.717) is 0 Å². The zero-order valence-electron chi connectivity index (χ0n) is 39.6. The van der Waals surface area contributed by atoms with Gasteiger partial charge in [0.1, 0.15) is 40.7 Å². The number of benzene rings is 2. The number of fused-ring (bicyclic) bond motifs is 2. The van der Waals surface area contributed by atoms with Gasteiger partial charge in [0.25, 0.3) is 5.91 Å². The molecule has 8 rings (SSSR count). The van der Waals surface area contributed by atoms with Crippen LogP contribution < -0.4 is 25.7 Å². The molecule has 3 aliphatic heterocycles. The number of allylic oxidation sites excluding steroid dienone is 3. The molecule has 8 unspecified atom stereocenters. The lowest BCUT2D eigenvalue weighted by molar-refractivity contribution is -0.274. The Morgan fingerprint density at radius 2 is 1.67 bits per heavy atom. The number of nitrogens with one attached hydrogen (secondary N) is 2. The molecule has 2 aromatic carbocycles. The summed E-state index contributed by atoms with van der Waals surface area (Å²) in [5.41, 5.74) is -9.84. The molecule has 1 aliphatic carbocycles. The maximum Gasteiger partial charge on any atom is 0.364 e. The van der Waals surface area contributed by atoms with E-state index < -0.39 is 158 Å². The van der Waals surface area contributed by atoms with E-state index in [1.807, 2.05) is 0 Å². The number of amides is 1. The third-order valence-electron chi connectivity index (χ3n) is 13.2. The highest BCUT2D eigenvalue weighted by Crippen LogP contribution is 2.42. The largest absolute Gasteiger partial charge is 0.762 e. The lowest BCUT2D eigenvalue weighted by Gasteiger charge is -2.52. The number of aliphatic hydroxyl groups excluding tert-OH is 1. The number of methoxy groups -OCH3 is 2. The van der Waals surface area contributed by atoms with Crippen LogP contribution in [0.4, 0.5) is 5.69 Å². The molecule has 4 aliphatic rings. The summed E-state index contributed by atoms with van der Waals surface area (Å²) in [5.74, 6) is -12.0. The number of rotatable bonds is 9. The van der Waals surface area contributed by atoms with Crippen LogP contribution >= 0.6 is 0 Å². The molecule has 0 saturated carbocycles. The Morgan fingerprint density at radius 1 is 0.958 bits per heavy atom. The van der Waals surface area contributed by atoms with Crippen LogP contribution in [0.1, 0.15) is 98.7 Å². The van der Waals surface area contributed by atoms with Crippen molar-refractivity contribution in [2.45, 2.75) is 89.8 Å². The van der Waals surface area contributed by atoms with Gasteiger partial charge < -0.3 is 74.3 Å². The van der Waals surface area contributed by atoms with Crippen molar-refractivity contribution in [2.75, 3.05) is 26.1 Å². The van der Waals surface area contributed by atoms with E-state index >= 15 is 0 Å². The quantitative estimate of drug-likeness (QED) is 0.0718. The summed E-state index contributed by atoms with van der Waals surface area (Å²) in [7, 11) is 2.62. The standard InChI is InChI=1S/C48H47N4O20/c1-17-11-19(3)40(39(59)42(60)48(6)16-49-30-36(56)23-12-18(2)34(54)29(33(17)53)28(23)38(58)41(30)72-48)71-46(63)32-37(57)26(69-27-15-47(5,52(64)65)43(67-8)20(4)68-27)14-24(50-32)44(61)51-31-35(55)22-10-9-21(66-7)13-25(22)70-45(31)62/h9-14,19-20,27,39-40,43,49,54-55,57,59,64H,15-16H2,1-8H3,(H,51,61)/q-1. The first-order valence-corrected chi connectivity index (χ1v) is 22.1. The molecule has 1 fully saturated rings. The van der Waals surface area contributed by atoms with Crippen LogP contribution in [0.15, 0.2) is 62.6 Å². The van der Waals surface area contributed by atoms with E-state index in [-0.39, 0.29) is 44.3 Å². The summed E-state index contributed by atoms with van der Waals surface area (Å²) in [6.45, 7) is 7.45. The van der Waals surface area contributed by atoms with Crippen molar-refractivity contribution in [3.05, 3.63) is 103 Å². The van der Waals surface area contributed by atoms with Gasteiger partial charge in [-0.25, -0.2) is 14.6 Å². The van der Waals surface area contributed by atoms with Gasteiger partial charge >= 0.3 is 11.6 Å². The highest BCUT2D eigenvalue weighted by molar-refractivity contribution is 6.31. The second kappa shape index (κ2) is 18.5. The van der Waals surface area contributed by atoms with E-state index in [4.69, 9.17) is 32.8 Å². The maximum absolute atomic E-state index is 14.5. The average Bonchev–Trinajstić information content (AvgIpc) is 3.33. The second-order valence-electron chi connectivity index (χ2n) is 18.1. The number of hydrogen-bond acceptors (Lipinski definition) is 23. The number of phenolic OH excluding ortho intramolecular Hbond substituents is 1. The summed E-state index contributed by atoms with van der Waals surface area (Å²) in [6, 6.07) is 6.09. The maximum atomic E-state index is 14.5. The number of carbonyl (C=O) groups excluding carboxylic acids is 6. The van der Waals surface area contributed by atoms with E-state index in [0.717, 1.165) is 12.1 Å². The number of aryl methyl sites for hydroxylation is 1. The molecule has 2 aromatic heterocycles. The molecule has 7 N–H and O–H groups in total. The number of aliphatic hydroxyl groups is 1. The molecule has 5 heterocycles. The summed E-state index contributed by atoms with van der Waals surface area (Å²) in [4.78, 5) is 102. The first kappa shape index (κ1) is 50.6. The van der Waals surface area contributed by atoms with Crippen molar-refractivity contribution in [3.8, 4) is 28.7 Å². The molecular weight excluding hydrogens is 953 g/mol. The first-order chi connectivity index (χ1) is 33.8. The molecule has 1 amide bonds. The number of hydroxylamine groups is 2. The van der Waals surface area contributed by atoms with Crippen LogP contribution in [0, 0.1) is 18.0 Å². The van der Waals surface area contributed by atoms with Crippen molar-refractivity contribution in [1.29, 1.82) is 0 Å². The lowest BCUT2D eigenvalue weighted by atomic mass is 9.82. The smallest absolute Gasteiger partial charge is 0.364 e. The van der Waals surface area contributed by atoms with Crippen molar-refractivity contribution < 1.29 is 87.2 Å². The van der Waals surface area contributed by atoms with Crippen LogP contribution in [-0.4, -0.2) is 133 Å². The fraction of sp³-hybridized carbons (Fsp3) is 0.375. The lowest BCUT2D eigenvalue weighted by Crippen LogP contribution is -2.62. The summed E-state index contributed by atoms with van der Waals surface area (Å²) >= 11 is 0. The van der Waals surface area contributed by atoms with Crippen LogP contribution in [0.3, 0.4) is 0 Å². The van der Waals surface area contributed by atoms with Crippen LogP contribution in [0.5, 0.6) is 28.7 Å². The monoisotopic (exact) mass is 999 g/mol. The minimum atomic E-state index is -2.39. The molecule has 380 valence electrons. The third-order valence-corrected chi connectivity index (χ3v) is 13.2. The van der Waals surface area contributed by atoms with Gasteiger partial charge in [0.05, 0.1) is 41.8 Å². The van der Waals surface area contributed by atoms with Gasteiger partial charge in [-0.05, 0) is 64.0 Å². The molecule has 24 nitrogen and oxygen atoms in total. The Balaban J connectivity index is 1.22. The number of nitrogens with zero attached hydrogens (tertiary/aromatic N) is 2. The number of pyridine rings is 1. The van der Waals surface area contributed by atoms with E-state index in [1.165, 1.54) is 80.0 Å². The fourth-order valence-electron chi connectivity index (χ4n) is 9.29. The number of anilines is 1. The number of ether oxygens (including phenoxy) is 6. The molecular formula is C48H47N4O20-. The predicted octanol–water partition coefficient (Wildman–Crippen LogP) is 3.25. The number of carbonyl (C=O) groups is 6. The molecule has 72 heavy (non-hydrogen) atoms. The third kappa shape index (κ3) is 8.35. The van der Waals surface area contributed by atoms with Crippen molar-refractivity contribution >= 4 is 51.7 Å².